The highest BCUT2D eigenvalue weighted by Crippen LogP contribution is 2.36. The summed E-state index contributed by atoms with van der Waals surface area (Å²) >= 11 is 7.31. The van der Waals surface area contributed by atoms with Crippen LogP contribution in [0.5, 0.6) is 5.75 Å². The van der Waals surface area contributed by atoms with Crippen LogP contribution < -0.4 is 14.8 Å². The van der Waals surface area contributed by atoms with Gasteiger partial charge in [-0.2, -0.15) is 0 Å². The van der Waals surface area contributed by atoms with E-state index in [2.05, 4.69) is 10.0 Å². The van der Waals surface area contributed by atoms with Gasteiger partial charge in [0, 0.05) is 17.0 Å². The minimum Gasteiger partial charge on any atom is -0.495 e. The Kier molecular flexibility index (Phi) is 10.6. The van der Waals surface area contributed by atoms with Gasteiger partial charge < -0.3 is 19.5 Å². The van der Waals surface area contributed by atoms with E-state index in [-0.39, 0.29) is 44.9 Å². The number of non-ortho nitro benzene ring substituents is 1. The fraction of sp³-hybridized carbons (Fsp3) is 0.167. The average molecular weight is 688 g/mol. The molecule has 1 heterocycles. The number of nitrogens with one attached hydrogen (secondary N) is 2. The zero-order valence-electron chi connectivity index (χ0n) is 24.4. The molecule has 1 atom stereocenters. The number of hydrogen-bond acceptors (Lipinski definition) is 11. The van der Waals surface area contributed by atoms with Crippen molar-refractivity contribution in [2.24, 2.45) is 0 Å². The number of nitro groups is 1. The number of ether oxygens (including phenoxy) is 3. The molecular weight excluding hydrogens is 662 g/mol. The lowest BCUT2D eigenvalue weighted by molar-refractivity contribution is -0.384. The number of anilines is 2. The second-order valence-corrected chi connectivity index (χ2v) is 12.5. The van der Waals surface area contributed by atoms with Crippen molar-refractivity contribution in [3.8, 4) is 16.2 Å². The number of carbonyl (C=O) groups is 3. The van der Waals surface area contributed by atoms with Gasteiger partial charge in [-0.15, -0.1) is 11.3 Å². The number of rotatable bonds is 12. The Bertz CT molecular complexity index is 1910. The number of sulfonamides is 1. The summed E-state index contributed by atoms with van der Waals surface area (Å²) in [6.45, 7) is 3.04. The lowest BCUT2D eigenvalue weighted by atomic mass is 10.1. The maximum absolute atomic E-state index is 13.2. The lowest BCUT2D eigenvalue weighted by Gasteiger charge is -2.15. The predicted octanol–water partition coefficient (Wildman–Crippen LogP) is 6.15. The van der Waals surface area contributed by atoms with Crippen LogP contribution in [0.25, 0.3) is 10.4 Å². The first kappa shape index (κ1) is 33.9. The summed E-state index contributed by atoms with van der Waals surface area (Å²) < 4.78 is 44.1. The van der Waals surface area contributed by atoms with Crippen molar-refractivity contribution in [2.45, 2.75) is 24.8 Å². The number of thiophene rings is 1. The molecule has 0 radical (unpaired) electrons. The second kappa shape index (κ2) is 14.4. The van der Waals surface area contributed by atoms with Crippen LogP contribution >= 0.6 is 22.9 Å². The first-order valence-electron chi connectivity index (χ1n) is 13.4. The Labute approximate surface area is 272 Å². The molecule has 0 saturated heterocycles. The van der Waals surface area contributed by atoms with Gasteiger partial charge in [0.1, 0.15) is 10.8 Å². The van der Waals surface area contributed by atoms with E-state index in [1.54, 1.807) is 13.0 Å². The van der Waals surface area contributed by atoms with E-state index >= 15 is 0 Å². The molecule has 0 fully saturated rings. The fourth-order valence-electron chi connectivity index (χ4n) is 4.00. The van der Waals surface area contributed by atoms with E-state index in [1.165, 1.54) is 20.1 Å². The topological polar surface area (TPSA) is 180 Å². The van der Waals surface area contributed by atoms with Gasteiger partial charge in [0.05, 0.1) is 45.4 Å². The van der Waals surface area contributed by atoms with Crippen LogP contribution in [0.3, 0.4) is 0 Å². The molecule has 0 aliphatic heterocycles. The Morgan fingerprint density at radius 1 is 1.00 bits per heavy atom. The summed E-state index contributed by atoms with van der Waals surface area (Å²) in [7, 11) is -3.17. The third-order valence-corrected chi connectivity index (χ3v) is 9.07. The lowest BCUT2D eigenvalue weighted by Crippen LogP contribution is -2.30. The number of esters is 2. The zero-order chi connectivity index (χ0) is 33.6. The second-order valence-electron chi connectivity index (χ2n) is 9.37. The highest BCUT2D eigenvalue weighted by molar-refractivity contribution is 7.92. The summed E-state index contributed by atoms with van der Waals surface area (Å²) in [4.78, 5) is 49.5. The molecule has 0 aliphatic carbocycles. The van der Waals surface area contributed by atoms with Crippen LogP contribution in [-0.4, -0.2) is 51.0 Å². The monoisotopic (exact) mass is 687 g/mol. The van der Waals surface area contributed by atoms with E-state index in [4.69, 9.17) is 25.8 Å². The van der Waals surface area contributed by atoms with Crippen molar-refractivity contribution in [3.05, 3.63) is 99.1 Å². The van der Waals surface area contributed by atoms with Crippen LogP contribution in [0.2, 0.25) is 5.02 Å². The van der Waals surface area contributed by atoms with Gasteiger partial charge in [0.15, 0.2) is 6.10 Å². The number of methoxy groups -OCH3 is 1. The third kappa shape index (κ3) is 7.80. The summed E-state index contributed by atoms with van der Waals surface area (Å²) in [5.74, 6) is -2.53. The fourth-order valence-corrected chi connectivity index (χ4v) is 6.34. The summed E-state index contributed by atoms with van der Waals surface area (Å²) in [6, 6.07) is 17.3. The molecule has 0 spiro atoms. The predicted molar refractivity (Wildman–Crippen MR) is 171 cm³/mol. The van der Waals surface area contributed by atoms with Crippen LogP contribution in [0, 0.1) is 10.1 Å². The standard InChI is InChI=1S/C30H26ClN3O10S2/c1-4-43-29(36)22-16-26(18-8-6-5-7-9-18)45-28(22)32-27(35)17(2)44-30(37)21-15-20(11-12-23(21)31)46(40,41)33-24-14-19(34(38)39)10-13-25(24)42-3/h5-17,33H,4H2,1-3H3,(H,32,35). The number of benzene rings is 3. The van der Waals surface area contributed by atoms with Gasteiger partial charge in [-0.05, 0) is 49.7 Å². The molecule has 1 unspecified atom stereocenters. The van der Waals surface area contributed by atoms with Gasteiger partial charge in [0.25, 0.3) is 21.6 Å². The minimum absolute atomic E-state index is 0.00959. The molecule has 1 amide bonds. The van der Waals surface area contributed by atoms with Crippen molar-refractivity contribution < 1.29 is 41.9 Å². The van der Waals surface area contributed by atoms with Crippen molar-refractivity contribution >= 4 is 67.2 Å². The van der Waals surface area contributed by atoms with Crippen LogP contribution in [-0.2, 0) is 24.3 Å². The molecule has 4 aromatic rings. The Morgan fingerprint density at radius 3 is 2.37 bits per heavy atom. The zero-order valence-corrected chi connectivity index (χ0v) is 26.8. The van der Waals surface area contributed by atoms with Crippen LogP contribution in [0.1, 0.15) is 34.6 Å². The van der Waals surface area contributed by atoms with Crippen molar-refractivity contribution in [3.63, 3.8) is 0 Å². The molecule has 0 aliphatic rings. The van der Waals surface area contributed by atoms with E-state index in [1.807, 2.05) is 30.3 Å². The number of nitrogens with zero attached hydrogens (tertiary/aromatic N) is 1. The SMILES string of the molecule is CCOC(=O)c1cc(-c2ccccc2)sc1NC(=O)C(C)OC(=O)c1cc(S(=O)(=O)Nc2cc([N+](=O)[O-])ccc2OC)ccc1Cl. The third-order valence-electron chi connectivity index (χ3n) is 6.28. The van der Waals surface area contributed by atoms with Gasteiger partial charge in [-0.1, -0.05) is 41.9 Å². The average Bonchev–Trinajstić information content (AvgIpc) is 3.45. The molecule has 2 N–H and O–H groups in total. The summed E-state index contributed by atoms with van der Waals surface area (Å²) in [6.07, 6.45) is -1.41. The molecule has 240 valence electrons. The first-order valence-corrected chi connectivity index (χ1v) is 16.0. The molecule has 13 nitrogen and oxygen atoms in total. The highest BCUT2D eigenvalue weighted by atomic mass is 35.5. The van der Waals surface area contributed by atoms with Gasteiger partial charge in [-0.3, -0.25) is 19.6 Å². The van der Waals surface area contributed by atoms with Gasteiger partial charge in [0.2, 0.25) is 0 Å². The van der Waals surface area contributed by atoms with E-state index in [9.17, 15) is 32.9 Å². The Balaban J connectivity index is 1.53. The Hall–Kier alpha value is -4.99. The van der Waals surface area contributed by atoms with Crippen molar-refractivity contribution in [1.82, 2.24) is 0 Å². The number of halogens is 1. The molecular formula is C30H26ClN3O10S2. The van der Waals surface area contributed by atoms with Gasteiger partial charge in [-0.25, -0.2) is 18.0 Å². The Morgan fingerprint density at radius 2 is 1.72 bits per heavy atom. The summed E-state index contributed by atoms with van der Waals surface area (Å²) in [5.41, 5.74) is -0.0520. The van der Waals surface area contributed by atoms with Crippen molar-refractivity contribution in [2.75, 3.05) is 23.8 Å². The largest absolute Gasteiger partial charge is 0.495 e. The maximum atomic E-state index is 13.2. The normalized spacial score (nSPS) is 11.7. The summed E-state index contributed by atoms with van der Waals surface area (Å²) in [5, 5.41) is 13.8. The highest BCUT2D eigenvalue weighted by Gasteiger charge is 2.27. The van der Waals surface area contributed by atoms with E-state index in [0.29, 0.717) is 4.88 Å². The maximum Gasteiger partial charge on any atom is 0.341 e. The molecule has 46 heavy (non-hydrogen) atoms. The van der Waals surface area contributed by atoms with E-state index < -0.39 is 43.8 Å². The molecule has 1 aromatic heterocycles. The molecule has 0 saturated carbocycles. The van der Waals surface area contributed by atoms with Crippen molar-refractivity contribution in [1.29, 1.82) is 0 Å². The number of amides is 1. The quantitative estimate of drug-likeness (QED) is 0.0996. The molecule has 0 bridgehead atoms. The van der Waals surface area contributed by atoms with E-state index in [0.717, 1.165) is 47.2 Å². The smallest absolute Gasteiger partial charge is 0.341 e. The number of carbonyl (C=O) groups excluding carboxylic acids is 3. The minimum atomic E-state index is -4.43. The molecule has 4 rings (SSSR count). The van der Waals surface area contributed by atoms with Gasteiger partial charge >= 0.3 is 11.9 Å². The molecule has 16 heteroatoms. The number of hydrogen-bond donors (Lipinski definition) is 2. The number of nitro benzene ring substituents is 1. The molecule has 3 aromatic carbocycles. The van der Waals surface area contributed by atoms with Crippen LogP contribution in [0.15, 0.2) is 77.7 Å². The van der Waals surface area contributed by atoms with Crippen LogP contribution in [0.4, 0.5) is 16.4 Å². The first-order chi connectivity index (χ1) is 21.8.